The lowest BCUT2D eigenvalue weighted by atomic mass is 9.85. The number of carbonyl (C=O) groups is 1. The fourth-order valence-electron chi connectivity index (χ4n) is 4.35. The van der Waals surface area contributed by atoms with E-state index in [1.807, 2.05) is 0 Å². The van der Waals surface area contributed by atoms with Gasteiger partial charge in [0.25, 0.3) is 5.60 Å². The molecule has 3 aliphatic heterocycles. The van der Waals surface area contributed by atoms with Gasteiger partial charge in [-0.25, -0.2) is 4.39 Å². The van der Waals surface area contributed by atoms with Gasteiger partial charge in [-0.1, -0.05) is 17.3 Å². The number of hydrogen-bond donors (Lipinski definition) is 0. The van der Waals surface area contributed by atoms with Gasteiger partial charge in [0.1, 0.15) is 0 Å². The minimum Gasteiger partial charge on any atom is -0.374 e. The standard InChI is InChI=1S/C23H18F7N3O2S/c24-20(11-33(12-20)19(34)14-9-36-10-14)18-5-4-13(8-31-18)17-7-21(35-32-17,23(28,29)30)15-2-1-3-16(6-15)22(25,26)27/h1-6,8,14H,7,9-12H2. The minimum atomic E-state index is -5.08. The van der Waals surface area contributed by atoms with E-state index in [1.54, 1.807) is 11.8 Å². The molecule has 2 saturated heterocycles. The monoisotopic (exact) mass is 533 g/mol. The summed E-state index contributed by atoms with van der Waals surface area (Å²) in [5.41, 5.74) is -7.02. The van der Waals surface area contributed by atoms with Gasteiger partial charge in [0, 0.05) is 28.8 Å². The summed E-state index contributed by atoms with van der Waals surface area (Å²) in [5.74, 6) is 1.23. The summed E-state index contributed by atoms with van der Waals surface area (Å²) >= 11 is 1.64. The predicted octanol–water partition coefficient (Wildman–Crippen LogP) is 5.05. The molecule has 0 aliphatic carbocycles. The number of nitrogens with zero attached hydrogens (tertiary/aromatic N) is 3. The second kappa shape index (κ2) is 8.35. The van der Waals surface area contributed by atoms with Crippen LogP contribution in [0.15, 0.2) is 47.8 Å². The first-order valence-electron chi connectivity index (χ1n) is 10.8. The Kier molecular flexibility index (Phi) is 5.77. The molecule has 1 aromatic carbocycles. The lowest BCUT2D eigenvalue weighted by Crippen LogP contribution is -2.61. The molecular formula is C23H18F7N3O2S. The maximum Gasteiger partial charge on any atom is 0.435 e. The zero-order valence-corrected chi connectivity index (χ0v) is 19.2. The van der Waals surface area contributed by atoms with Crippen molar-refractivity contribution in [3.63, 3.8) is 0 Å². The van der Waals surface area contributed by atoms with Crippen molar-refractivity contribution in [2.75, 3.05) is 24.6 Å². The number of alkyl halides is 7. The van der Waals surface area contributed by atoms with Crippen LogP contribution < -0.4 is 0 Å². The topological polar surface area (TPSA) is 54.8 Å². The molecule has 4 heterocycles. The van der Waals surface area contributed by atoms with Crippen LogP contribution in [0.2, 0.25) is 0 Å². The molecule has 3 aliphatic rings. The Balaban J connectivity index is 1.33. The van der Waals surface area contributed by atoms with E-state index in [1.165, 1.54) is 17.0 Å². The molecule has 13 heteroatoms. The van der Waals surface area contributed by atoms with Crippen molar-refractivity contribution in [1.29, 1.82) is 0 Å². The molecule has 0 radical (unpaired) electrons. The summed E-state index contributed by atoms with van der Waals surface area (Å²) in [6.45, 7) is -0.313. The number of rotatable bonds is 4. The maximum absolute atomic E-state index is 15.2. The zero-order chi connectivity index (χ0) is 25.9. The van der Waals surface area contributed by atoms with Crippen molar-refractivity contribution >= 4 is 23.4 Å². The Morgan fingerprint density at radius 2 is 1.81 bits per heavy atom. The molecule has 192 valence electrons. The molecule has 1 atom stereocenters. The van der Waals surface area contributed by atoms with Crippen LogP contribution in [0.5, 0.6) is 0 Å². The number of amides is 1. The number of aromatic nitrogens is 1. The Bertz CT molecular complexity index is 1210. The normalized spacial score (nSPS) is 24.0. The number of likely N-dealkylation sites (tertiary alicyclic amines) is 1. The Labute approximate surface area is 204 Å². The van der Waals surface area contributed by atoms with Gasteiger partial charge >= 0.3 is 12.4 Å². The first-order valence-corrected chi connectivity index (χ1v) is 12.0. The summed E-state index contributed by atoms with van der Waals surface area (Å²) in [6, 6.07) is 5.47. The number of oxime groups is 1. The molecule has 5 rings (SSSR count). The molecular weight excluding hydrogens is 515 g/mol. The number of benzene rings is 1. The third kappa shape index (κ3) is 4.10. The third-order valence-corrected chi connectivity index (χ3v) is 7.86. The Morgan fingerprint density at radius 1 is 1.08 bits per heavy atom. The van der Waals surface area contributed by atoms with E-state index in [-0.39, 0.29) is 41.9 Å². The molecule has 36 heavy (non-hydrogen) atoms. The molecule has 1 unspecified atom stereocenters. The van der Waals surface area contributed by atoms with E-state index in [2.05, 4.69) is 10.1 Å². The van der Waals surface area contributed by atoms with Gasteiger partial charge in [0.05, 0.1) is 42.4 Å². The maximum atomic E-state index is 15.2. The highest BCUT2D eigenvalue weighted by Gasteiger charge is 2.62. The lowest BCUT2D eigenvalue weighted by Gasteiger charge is -2.46. The summed E-state index contributed by atoms with van der Waals surface area (Å²) < 4.78 is 96.8. The first kappa shape index (κ1) is 24.8. The Hall–Kier alpha value is -2.83. The first-order chi connectivity index (χ1) is 16.8. The van der Waals surface area contributed by atoms with Gasteiger partial charge in [-0.3, -0.25) is 9.78 Å². The SMILES string of the molecule is O=C(C1CSC1)N1CC(F)(c2ccc(C3=NOC(c4cccc(C(F)(F)F)c4)(C(F)(F)F)C3)cn2)C1. The van der Waals surface area contributed by atoms with E-state index in [9.17, 15) is 31.1 Å². The van der Waals surface area contributed by atoms with Crippen LogP contribution in [0, 0.1) is 5.92 Å². The highest BCUT2D eigenvalue weighted by molar-refractivity contribution is 8.00. The third-order valence-electron chi connectivity index (χ3n) is 6.58. The van der Waals surface area contributed by atoms with Gasteiger partial charge < -0.3 is 9.74 Å². The van der Waals surface area contributed by atoms with E-state index >= 15 is 4.39 Å². The second-order valence-corrected chi connectivity index (χ2v) is 10.1. The summed E-state index contributed by atoms with van der Waals surface area (Å²) in [5, 5.41) is 3.52. The average molecular weight is 533 g/mol. The van der Waals surface area contributed by atoms with Gasteiger partial charge in [0.2, 0.25) is 5.91 Å². The quantitative estimate of drug-likeness (QED) is 0.517. The second-order valence-electron chi connectivity index (χ2n) is 9.04. The molecule has 2 aromatic rings. The molecule has 5 nitrogen and oxygen atoms in total. The lowest BCUT2D eigenvalue weighted by molar-refractivity contribution is -0.276. The fraction of sp³-hybridized carbons (Fsp3) is 0.435. The number of pyridine rings is 1. The number of hydrogen-bond acceptors (Lipinski definition) is 5. The molecule has 0 N–H and O–H groups in total. The van der Waals surface area contributed by atoms with Crippen LogP contribution in [0.3, 0.4) is 0 Å². The van der Waals surface area contributed by atoms with E-state index in [0.29, 0.717) is 23.6 Å². The highest BCUT2D eigenvalue weighted by Crippen LogP contribution is 2.49. The molecule has 1 aromatic heterocycles. The van der Waals surface area contributed by atoms with Crippen molar-refractivity contribution in [3.8, 4) is 0 Å². The summed E-state index contributed by atoms with van der Waals surface area (Å²) in [4.78, 5) is 22.5. The summed E-state index contributed by atoms with van der Waals surface area (Å²) in [6.07, 6.45) is -9.67. The van der Waals surface area contributed by atoms with Crippen molar-refractivity contribution in [1.82, 2.24) is 9.88 Å². The molecule has 0 spiro atoms. The van der Waals surface area contributed by atoms with Gasteiger partial charge in [0.15, 0.2) is 5.67 Å². The van der Waals surface area contributed by atoms with Crippen LogP contribution in [0.25, 0.3) is 0 Å². The molecule has 2 fully saturated rings. The van der Waals surface area contributed by atoms with E-state index in [4.69, 9.17) is 4.84 Å². The minimum absolute atomic E-state index is 0.0257. The van der Waals surface area contributed by atoms with Crippen molar-refractivity contribution in [2.45, 2.75) is 30.0 Å². The summed E-state index contributed by atoms with van der Waals surface area (Å²) in [7, 11) is 0. The molecule has 0 bridgehead atoms. The predicted molar refractivity (Wildman–Crippen MR) is 116 cm³/mol. The number of thioether (sulfide) groups is 1. The van der Waals surface area contributed by atoms with E-state index in [0.717, 1.165) is 18.3 Å². The van der Waals surface area contributed by atoms with Crippen molar-refractivity contribution < 1.29 is 40.4 Å². The van der Waals surface area contributed by atoms with Crippen LogP contribution in [0.1, 0.15) is 28.8 Å². The number of carbonyl (C=O) groups excluding carboxylic acids is 1. The average Bonchev–Trinajstić information content (AvgIpc) is 3.22. The Morgan fingerprint density at radius 3 is 2.36 bits per heavy atom. The van der Waals surface area contributed by atoms with Gasteiger partial charge in [-0.2, -0.15) is 38.1 Å². The van der Waals surface area contributed by atoms with E-state index < -0.39 is 41.2 Å². The smallest absolute Gasteiger partial charge is 0.374 e. The highest BCUT2D eigenvalue weighted by atomic mass is 32.2. The van der Waals surface area contributed by atoms with Gasteiger partial charge in [-0.15, -0.1) is 0 Å². The molecule has 0 saturated carbocycles. The van der Waals surface area contributed by atoms with Gasteiger partial charge in [-0.05, 0) is 24.3 Å². The van der Waals surface area contributed by atoms with Crippen molar-refractivity contribution in [2.24, 2.45) is 11.1 Å². The zero-order valence-electron chi connectivity index (χ0n) is 18.4. The largest absolute Gasteiger partial charge is 0.435 e. The molecule has 1 amide bonds. The van der Waals surface area contributed by atoms with Crippen LogP contribution in [-0.4, -0.2) is 52.3 Å². The van der Waals surface area contributed by atoms with Crippen LogP contribution >= 0.6 is 11.8 Å². The number of halogens is 7. The van der Waals surface area contributed by atoms with Crippen LogP contribution in [-0.2, 0) is 27.1 Å². The van der Waals surface area contributed by atoms with Crippen molar-refractivity contribution in [3.05, 3.63) is 65.0 Å². The fourth-order valence-corrected chi connectivity index (χ4v) is 5.10. The van der Waals surface area contributed by atoms with Crippen LogP contribution in [0.4, 0.5) is 30.7 Å².